The largest absolute Gasteiger partial charge is 0.336 e. The number of nitrogens with one attached hydrogen (secondary N) is 1. The molecule has 0 aromatic heterocycles. The highest BCUT2D eigenvalue weighted by Crippen LogP contribution is 2.19. The first-order valence-corrected chi connectivity index (χ1v) is 12.0. The second-order valence-corrected chi connectivity index (χ2v) is 9.12. The molecule has 4 nitrogen and oxygen atoms in total. The summed E-state index contributed by atoms with van der Waals surface area (Å²) in [5, 5.41) is 3.43. The summed E-state index contributed by atoms with van der Waals surface area (Å²) in [7, 11) is 0. The van der Waals surface area contributed by atoms with Gasteiger partial charge in [-0.2, -0.15) is 0 Å². The van der Waals surface area contributed by atoms with E-state index in [1.165, 1.54) is 50.5 Å². The van der Waals surface area contributed by atoms with Crippen molar-refractivity contribution in [3.05, 3.63) is 35.4 Å². The van der Waals surface area contributed by atoms with Crippen LogP contribution in [0.1, 0.15) is 74.7 Å². The van der Waals surface area contributed by atoms with Gasteiger partial charge in [0.05, 0.1) is 0 Å². The smallest absolute Gasteiger partial charge is 0.253 e. The van der Waals surface area contributed by atoms with Crippen molar-refractivity contribution >= 4 is 5.91 Å². The monoisotopic (exact) mass is 399 g/mol. The summed E-state index contributed by atoms with van der Waals surface area (Å²) in [6.07, 6.45) is 10.3. The molecular weight excluding hydrogens is 358 g/mol. The Morgan fingerprint density at radius 2 is 1.72 bits per heavy atom. The molecule has 2 fully saturated rings. The van der Waals surface area contributed by atoms with Gasteiger partial charge in [0.25, 0.3) is 5.91 Å². The minimum absolute atomic E-state index is 0.202. The zero-order valence-electron chi connectivity index (χ0n) is 18.7. The van der Waals surface area contributed by atoms with Crippen molar-refractivity contribution in [2.75, 3.05) is 39.3 Å². The molecule has 0 aliphatic carbocycles. The van der Waals surface area contributed by atoms with Gasteiger partial charge in [0.2, 0.25) is 0 Å². The Hall–Kier alpha value is -1.39. The van der Waals surface area contributed by atoms with Crippen LogP contribution in [0.25, 0.3) is 0 Å². The van der Waals surface area contributed by atoms with Crippen LogP contribution in [-0.2, 0) is 6.42 Å². The van der Waals surface area contributed by atoms with Gasteiger partial charge in [-0.25, -0.2) is 0 Å². The van der Waals surface area contributed by atoms with Gasteiger partial charge < -0.3 is 10.2 Å². The second-order valence-electron chi connectivity index (χ2n) is 9.12. The number of hydrogen-bond donors (Lipinski definition) is 1. The summed E-state index contributed by atoms with van der Waals surface area (Å²) in [5.74, 6) is 0.989. The molecule has 162 valence electrons. The normalized spacial score (nSPS) is 20.0. The van der Waals surface area contributed by atoms with Crippen molar-refractivity contribution in [2.24, 2.45) is 5.92 Å². The molecule has 2 aliphatic heterocycles. The molecule has 0 radical (unpaired) electrons. The zero-order valence-corrected chi connectivity index (χ0v) is 18.7. The van der Waals surface area contributed by atoms with Crippen LogP contribution in [0.5, 0.6) is 0 Å². The highest BCUT2D eigenvalue weighted by Gasteiger charge is 2.24. The molecule has 3 rings (SSSR count). The van der Waals surface area contributed by atoms with Gasteiger partial charge in [-0.05, 0) is 69.3 Å². The Morgan fingerprint density at radius 3 is 2.38 bits per heavy atom. The van der Waals surface area contributed by atoms with Crippen molar-refractivity contribution < 1.29 is 4.79 Å². The number of carbonyl (C=O) groups excluding carboxylic acids is 1. The highest BCUT2D eigenvalue weighted by atomic mass is 16.2. The lowest BCUT2D eigenvalue weighted by molar-refractivity contribution is 0.0573. The fourth-order valence-electron chi connectivity index (χ4n) is 4.80. The molecule has 4 heteroatoms. The average Bonchev–Trinajstić information content (AvgIpc) is 2.77. The zero-order chi connectivity index (χ0) is 20.5. The van der Waals surface area contributed by atoms with Crippen LogP contribution in [0.15, 0.2) is 24.3 Å². The van der Waals surface area contributed by atoms with E-state index in [0.29, 0.717) is 6.04 Å². The van der Waals surface area contributed by atoms with Crippen LogP contribution in [-0.4, -0.2) is 61.0 Å². The first kappa shape index (κ1) is 22.3. The number of nitrogens with zero attached hydrogens (tertiary/aromatic N) is 2. The fourth-order valence-corrected chi connectivity index (χ4v) is 4.80. The molecule has 1 N–H and O–H groups in total. The maximum Gasteiger partial charge on any atom is 0.253 e. The number of piperidine rings is 1. The van der Waals surface area contributed by atoms with E-state index in [-0.39, 0.29) is 5.91 Å². The van der Waals surface area contributed by atoms with Gasteiger partial charge in [-0.15, -0.1) is 0 Å². The quantitative estimate of drug-likeness (QED) is 0.627. The predicted molar refractivity (Wildman–Crippen MR) is 121 cm³/mol. The summed E-state index contributed by atoms with van der Waals surface area (Å²) in [6.45, 7) is 10.6. The van der Waals surface area contributed by atoms with Gasteiger partial charge >= 0.3 is 0 Å². The van der Waals surface area contributed by atoms with Crippen LogP contribution in [0.4, 0.5) is 0 Å². The minimum atomic E-state index is 0.202. The topological polar surface area (TPSA) is 35.6 Å². The van der Waals surface area contributed by atoms with E-state index in [4.69, 9.17) is 0 Å². The Morgan fingerprint density at radius 1 is 1.03 bits per heavy atom. The van der Waals surface area contributed by atoms with Crippen LogP contribution in [0, 0.1) is 5.92 Å². The van der Waals surface area contributed by atoms with Crippen LogP contribution >= 0.6 is 0 Å². The number of piperazine rings is 1. The number of amides is 1. The second kappa shape index (κ2) is 11.7. The Balaban J connectivity index is 1.42. The maximum absolute atomic E-state index is 12.9. The third-order valence-corrected chi connectivity index (χ3v) is 6.88. The molecule has 1 unspecified atom stereocenters. The lowest BCUT2D eigenvalue weighted by atomic mass is 9.91. The minimum Gasteiger partial charge on any atom is -0.336 e. The number of hydrogen-bond acceptors (Lipinski definition) is 3. The van der Waals surface area contributed by atoms with Crippen LogP contribution < -0.4 is 5.32 Å². The summed E-state index contributed by atoms with van der Waals surface area (Å²) < 4.78 is 0. The molecule has 1 amide bonds. The van der Waals surface area contributed by atoms with Gasteiger partial charge in [0, 0.05) is 37.8 Å². The van der Waals surface area contributed by atoms with Crippen molar-refractivity contribution in [1.29, 1.82) is 0 Å². The molecule has 1 atom stereocenters. The molecule has 1 aromatic rings. The number of benzene rings is 1. The molecule has 2 aliphatic rings. The first-order valence-electron chi connectivity index (χ1n) is 12.0. The van der Waals surface area contributed by atoms with Gasteiger partial charge in [-0.3, -0.25) is 9.69 Å². The first-order chi connectivity index (χ1) is 14.2. The fraction of sp³-hybridized carbons (Fsp3) is 0.720. The molecule has 29 heavy (non-hydrogen) atoms. The third-order valence-electron chi connectivity index (χ3n) is 6.88. The number of unbranched alkanes of at least 4 members (excludes halogenated alkanes) is 3. The van der Waals surface area contributed by atoms with Crippen molar-refractivity contribution in [1.82, 2.24) is 15.1 Å². The van der Waals surface area contributed by atoms with E-state index < -0.39 is 0 Å². The molecular formula is C25H41N3O. The van der Waals surface area contributed by atoms with Crippen molar-refractivity contribution in [3.8, 4) is 0 Å². The summed E-state index contributed by atoms with van der Waals surface area (Å²) in [5.41, 5.74) is 2.22. The SMILES string of the molecule is CCCCCCC(C)N1CCN(C(=O)c2ccc(CC3CCNCC3)cc2)CC1. The van der Waals surface area contributed by atoms with Crippen molar-refractivity contribution in [3.63, 3.8) is 0 Å². The van der Waals surface area contributed by atoms with E-state index in [9.17, 15) is 4.79 Å². The standard InChI is InChI=1S/C25H41N3O/c1-3-4-5-6-7-21(2)27-16-18-28(19-17-27)25(29)24-10-8-22(9-11-24)20-23-12-14-26-15-13-23/h8-11,21,23,26H,3-7,12-20H2,1-2H3. The lowest BCUT2D eigenvalue weighted by Gasteiger charge is -2.38. The molecule has 0 spiro atoms. The Labute approximate surface area is 178 Å². The predicted octanol–water partition coefficient (Wildman–Crippen LogP) is 4.35. The van der Waals surface area contributed by atoms with Gasteiger partial charge in [0.15, 0.2) is 0 Å². The van der Waals surface area contributed by atoms with Crippen LogP contribution in [0.3, 0.4) is 0 Å². The summed E-state index contributed by atoms with van der Waals surface area (Å²) >= 11 is 0. The number of carbonyl (C=O) groups is 1. The number of rotatable bonds is 9. The van der Waals surface area contributed by atoms with Crippen molar-refractivity contribution in [2.45, 2.75) is 71.3 Å². The third kappa shape index (κ3) is 6.82. The van der Waals surface area contributed by atoms with Gasteiger partial charge in [-0.1, -0.05) is 44.7 Å². The van der Waals surface area contributed by atoms with Gasteiger partial charge in [0.1, 0.15) is 0 Å². The average molecular weight is 400 g/mol. The summed E-state index contributed by atoms with van der Waals surface area (Å²) in [6, 6.07) is 9.06. The van der Waals surface area contributed by atoms with E-state index in [0.717, 1.165) is 57.2 Å². The van der Waals surface area contributed by atoms with Crippen LogP contribution in [0.2, 0.25) is 0 Å². The maximum atomic E-state index is 12.9. The Bertz CT molecular complexity index is 601. The summed E-state index contributed by atoms with van der Waals surface area (Å²) in [4.78, 5) is 17.5. The molecule has 2 saturated heterocycles. The molecule has 1 aromatic carbocycles. The van der Waals surface area contributed by atoms with E-state index in [2.05, 4.69) is 36.2 Å². The molecule has 2 heterocycles. The van der Waals surface area contributed by atoms with E-state index >= 15 is 0 Å². The Kier molecular flexibility index (Phi) is 9.00. The highest BCUT2D eigenvalue weighted by molar-refractivity contribution is 5.94. The molecule has 0 saturated carbocycles. The lowest BCUT2D eigenvalue weighted by Crippen LogP contribution is -2.51. The van der Waals surface area contributed by atoms with E-state index in [1.807, 2.05) is 17.0 Å². The van der Waals surface area contributed by atoms with E-state index in [1.54, 1.807) is 0 Å². The molecule has 0 bridgehead atoms.